The quantitative estimate of drug-likeness (QED) is 0.573. The van der Waals surface area contributed by atoms with E-state index in [0.717, 1.165) is 11.8 Å². The van der Waals surface area contributed by atoms with E-state index in [0.29, 0.717) is 19.0 Å². The summed E-state index contributed by atoms with van der Waals surface area (Å²) in [6.07, 6.45) is 1.13. The Morgan fingerprint density at radius 1 is 1.29 bits per heavy atom. The molecule has 0 saturated heterocycles. The van der Waals surface area contributed by atoms with E-state index < -0.39 is 15.6 Å². The van der Waals surface area contributed by atoms with Gasteiger partial charge >= 0.3 is 0 Å². The first-order chi connectivity index (χ1) is 11.0. The lowest BCUT2D eigenvalue weighted by atomic mass is 10.1. The Morgan fingerprint density at radius 2 is 1.88 bits per heavy atom. The van der Waals surface area contributed by atoms with Crippen molar-refractivity contribution in [3.63, 3.8) is 0 Å². The SMILES string of the molecule is CCNC(=NCC(C)(C)NS(C)(=O)=O)N(C)Cc1ccc(F)cc1. The van der Waals surface area contributed by atoms with E-state index in [9.17, 15) is 12.8 Å². The summed E-state index contributed by atoms with van der Waals surface area (Å²) in [5.41, 5.74) is 0.267. The van der Waals surface area contributed by atoms with Gasteiger partial charge in [0.05, 0.1) is 12.8 Å². The molecule has 0 unspecified atom stereocenters. The molecule has 0 aliphatic heterocycles. The zero-order chi connectivity index (χ0) is 18.4. The van der Waals surface area contributed by atoms with Gasteiger partial charge in [-0.15, -0.1) is 0 Å². The largest absolute Gasteiger partial charge is 0.357 e. The predicted octanol–water partition coefficient (Wildman–Crippen LogP) is 1.55. The first-order valence-electron chi connectivity index (χ1n) is 7.75. The summed E-state index contributed by atoms with van der Waals surface area (Å²) in [6, 6.07) is 6.30. The Labute approximate surface area is 144 Å². The van der Waals surface area contributed by atoms with Crippen molar-refractivity contribution in [2.24, 2.45) is 4.99 Å². The lowest BCUT2D eigenvalue weighted by Gasteiger charge is -2.26. The summed E-state index contributed by atoms with van der Waals surface area (Å²) >= 11 is 0. The van der Waals surface area contributed by atoms with E-state index in [-0.39, 0.29) is 12.4 Å². The Bertz CT molecular complexity index is 657. The highest BCUT2D eigenvalue weighted by atomic mass is 32.2. The summed E-state index contributed by atoms with van der Waals surface area (Å²) in [6.45, 7) is 7.05. The molecule has 0 saturated carbocycles. The van der Waals surface area contributed by atoms with Crippen LogP contribution in [0.2, 0.25) is 0 Å². The van der Waals surface area contributed by atoms with Crippen LogP contribution in [0.1, 0.15) is 26.3 Å². The molecule has 1 aromatic rings. The number of nitrogens with zero attached hydrogens (tertiary/aromatic N) is 2. The van der Waals surface area contributed by atoms with Crippen molar-refractivity contribution in [2.45, 2.75) is 32.9 Å². The van der Waals surface area contributed by atoms with Crippen LogP contribution in [0.15, 0.2) is 29.3 Å². The Balaban J connectivity index is 2.82. The molecule has 136 valence electrons. The monoisotopic (exact) mass is 358 g/mol. The summed E-state index contributed by atoms with van der Waals surface area (Å²) < 4.78 is 38.4. The fraction of sp³-hybridized carbons (Fsp3) is 0.562. The molecule has 0 aromatic heterocycles. The van der Waals surface area contributed by atoms with Crippen LogP contribution in [-0.2, 0) is 16.6 Å². The van der Waals surface area contributed by atoms with Crippen molar-refractivity contribution < 1.29 is 12.8 Å². The second kappa shape index (κ2) is 8.43. The highest BCUT2D eigenvalue weighted by molar-refractivity contribution is 7.88. The summed E-state index contributed by atoms with van der Waals surface area (Å²) in [5.74, 6) is 0.390. The lowest BCUT2D eigenvalue weighted by molar-refractivity contribution is 0.446. The Kier molecular flexibility index (Phi) is 7.16. The average Bonchev–Trinajstić information content (AvgIpc) is 2.43. The van der Waals surface area contributed by atoms with E-state index in [4.69, 9.17) is 0 Å². The van der Waals surface area contributed by atoms with Crippen molar-refractivity contribution >= 4 is 16.0 Å². The van der Waals surface area contributed by atoms with Gasteiger partial charge in [0.1, 0.15) is 5.82 Å². The second-order valence-corrected chi connectivity index (χ2v) is 8.16. The van der Waals surface area contributed by atoms with Crippen LogP contribution in [0.25, 0.3) is 0 Å². The average molecular weight is 358 g/mol. The number of nitrogens with one attached hydrogen (secondary N) is 2. The minimum atomic E-state index is -3.30. The first-order valence-corrected chi connectivity index (χ1v) is 9.64. The van der Waals surface area contributed by atoms with Crippen LogP contribution in [-0.4, -0.2) is 51.2 Å². The second-order valence-electron chi connectivity index (χ2n) is 6.41. The lowest BCUT2D eigenvalue weighted by Crippen LogP contribution is -2.46. The molecule has 6 nitrogen and oxygen atoms in total. The number of rotatable bonds is 7. The van der Waals surface area contributed by atoms with Crippen LogP contribution in [0, 0.1) is 5.82 Å². The zero-order valence-electron chi connectivity index (χ0n) is 14.9. The molecular formula is C16H27FN4O2S. The standard InChI is InChI=1S/C16H27FN4O2S/c1-6-18-15(19-12-16(2,3)20-24(5,22)23)21(4)11-13-7-9-14(17)10-8-13/h7-10,20H,6,11-12H2,1-5H3,(H,18,19). The van der Waals surface area contributed by atoms with Crippen LogP contribution in [0.4, 0.5) is 4.39 Å². The normalized spacial score (nSPS) is 13.0. The van der Waals surface area contributed by atoms with Crippen LogP contribution in [0.5, 0.6) is 0 Å². The topological polar surface area (TPSA) is 73.8 Å². The molecular weight excluding hydrogens is 331 g/mol. The number of sulfonamides is 1. The van der Waals surface area contributed by atoms with Gasteiger partial charge < -0.3 is 10.2 Å². The van der Waals surface area contributed by atoms with Gasteiger partial charge in [-0.3, -0.25) is 4.99 Å². The Hall–Kier alpha value is -1.67. The molecule has 8 heteroatoms. The summed E-state index contributed by atoms with van der Waals surface area (Å²) in [4.78, 5) is 6.42. The third kappa shape index (κ3) is 7.74. The molecule has 0 atom stereocenters. The minimum absolute atomic E-state index is 0.268. The van der Waals surface area contributed by atoms with E-state index in [1.165, 1.54) is 12.1 Å². The number of guanidine groups is 1. The van der Waals surface area contributed by atoms with Gasteiger partial charge in [-0.1, -0.05) is 12.1 Å². The number of aliphatic imine (C=N–C) groups is 1. The third-order valence-electron chi connectivity index (χ3n) is 3.12. The molecule has 1 aromatic carbocycles. The maximum atomic E-state index is 13.0. The van der Waals surface area contributed by atoms with E-state index in [2.05, 4.69) is 15.0 Å². The molecule has 0 fully saturated rings. The van der Waals surface area contributed by atoms with Crippen LogP contribution in [0.3, 0.4) is 0 Å². The molecule has 24 heavy (non-hydrogen) atoms. The minimum Gasteiger partial charge on any atom is -0.357 e. The highest BCUT2D eigenvalue weighted by Crippen LogP contribution is 2.08. The van der Waals surface area contributed by atoms with Crippen molar-refractivity contribution in [3.05, 3.63) is 35.6 Å². The molecule has 0 bridgehead atoms. The van der Waals surface area contributed by atoms with Crippen LogP contribution >= 0.6 is 0 Å². The number of halogens is 1. The molecule has 0 amide bonds. The van der Waals surface area contributed by atoms with Crippen molar-refractivity contribution in [2.75, 3.05) is 26.4 Å². The van der Waals surface area contributed by atoms with Crippen LogP contribution < -0.4 is 10.0 Å². The van der Waals surface area contributed by atoms with Gasteiger partial charge in [0, 0.05) is 25.7 Å². The number of hydrogen-bond donors (Lipinski definition) is 2. The highest BCUT2D eigenvalue weighted by Gasteiger charge is 2.22. The molecule has 0 radical (unpaired) electrons. The zero-order valence-corrected chi connectivity index (χ0v) is 15.7. The van der Waals surface area contributed by atoms with E-state index >= 15 is 0 Å². The van der Waals surface area contributed by atoms with Gasteiger partial charge in [0.15, 0.2) is 5.96 Å². The smallest absolute Gasteiger partial charge is 0.209 e. The molecule has 0 aliphatic rings. The first kappa shape index (κ1) is 20.4. The summed E-state index contributed by atoms with van der Waals surface area (Å²) in [5, 5.41) is 3.17. The maximum Gasteiger partial charge on any atom is 0.209 e. The van der Waals surface area contributed by atoms with Crippen molar-refractivity contribution in [3.8, 4) is 0 Å². The van der Waals surface area contributed by atoms with Gasteiger partial charge in [-0.2, -0.15) is 0 Å². The van der Waals surface area contributed by atoms with Crippen molar-refractivity contribution in [1.29, 1.82) is 0 Å². The number of benzene rings is 1. The molecule has 0 aliphatic carbocycles. The van der Waals surface area contributed by atoms with Crippen molar-refractivity contribution in [1.82, 2.24) is 14.9 Å². The fourth-order valence-electron chi connectivity index (χ4n) is 2.21. The molecule has 0 heterocycles. The van der Waals surface area contributed by atoms with Gasteiger partial charge in [0.25, 0.3) is 0 Å². The number of hydrogen-bond acceptors (Lipinski definition) is 3. The van der Waals surface area contributed by atoms with E-state index in [1.807, 2.05) is 18.9 Å². The van der Waals surface area contributed by atoms with Gasteiger partial charge in [0.2, 0.25) is 10.0 Å². The maximum absolute atomic E-state index is 13.0. The molecule has 0 spiro atoms. The predicted molar refractivity (Wildman–Crippen MR) is 95.9 cm³/mol. The van der Waals surface area contributed by atoms with Gasteiger partial charge in [-0.05, 0) is 38.5 Å². The third-order valence-corrected chi connectivity index (χ3v) is 4.04. The molecule has 1 rings (SSSR count). The van der Waals surface area contributed by atoms with Gasteiger partial charge in [-0.25, -0.2) is 17.5 Å². The Morgan fingerprint density at radius 3 is 2.38 bits per heavy atom. The summed E-state index contributed by atoms with van der Waals surface area (Å²) in [7, 11) is -1.43. The van der Waals surface area contributed by atoms with E-state index in [1.54, 1.807) is 26.0 Å². The fourth-order valence-corrected chi connectivity index (χ4v) is 3.28. The molecule has 2 N–H and O–H groups in total.